The summed E-state index contributed by atoms with van der Waals surface area (Å²) >= 11 is 0. The lowest BCUT2D eigenvalue weighted by Crippen LogP contribution is -2.47. The maximum atomic E-state index is 3.56. The van der Waals surface area contributed by atoms with Crippen LogP contribution in [0.4, 0.5) is 11.4 Å². The molecule has 3 heteroatoms. The summed E-state index contributed by atoms with van der Waals surface area (Å²) in [4.78, 5) is 4.99. The highest BCUT2D eigenvalue weighted by Gasteiger charge is 2.30. The zero-order valence-electron chi connectivity index (χ0n) is 13.7. The first-order chi connectivity index (χ1) is 10.2. The fraction of sp³-hybridized carbons (Fsp3) is 0.667. The number of hydrogen-bond acceptors (Lipinski definition) is 3. The number of para-hydroxylation sites is 2. The van der Waals surface area contributed by atoms with E-state index in [1.54, 1.807) is 0 Å². The van der Waals surface area contributed by atoms with Gasteiger partial charge < -0.3 is 15.1 Å². The van der Waals surface area contributed by atoms with Crippen LogP contribution < -0.4 is 15.1 Å². The van der Waals surface area contributed by atoms with Gasteiger partial charge in [0.05, 0.1) is 11.4 Å². The highest BCUT2D eigenvalue weighted by molar-refractivity contribution is 5.73. The Kier molecular flexibility index (Phi) is 4.39. The number of nitrogens with zero attached hydrogens (tertiary/aromatic N) is 2. The fourth-order valence-electron chi connectivity index (χ4n) is 4.12. The number of hydrogen-bond donors (Lipinski definition) is 1. The normalized spacial score (nSPS) is 29.4. The van der Waals surface area contributed by atoms with E-state index in [4.69, 9.17) is 0 Å². The second-order valence-electron chi connectivity index (χ2n) is 6.93. The summed E-state index contributed by atoms with van der Waals surface area (Å²) in [5, 5.41) is 3.56. The van der Waals surface area contributed by atoms with Gasteiger partial charge in [0.25, 0.3) is 0 Å². The molecule has 3 nitrogen and oxygen atoms in total. The van der Waals surface area contributed by atoms with E-state index in [1.165, 1.54) is 37.2 Å². The largest absolute Gasteiger partial charge is 0.371 e. The van der Waals surface area contributed by atoms with Crippen LogP contribution in [0.3, 0.4) is 0 Å². The molecule has 1 aromatic rings. The van der Waals surface area contributed by atoms with E-state index in [9.17, 15) is 0 Å². The molecule has 0 radical (unpaired) electrons. The molecule has 0 spiro atoms. The predicted octanol–water partition coefficient (Wildman–Crippen LogP) is 2.97. The van der Waals surface area contributed by atoms with Crippen LogP contribution in [0.25, 0.3) is 0 Å². The minimum atomic E-state index is 0.688. The number of rotatable bonds is 3. The lowest BCUT2D eigenvalue weighted by molar-refractivity contribution is 0.223. The average molecular weight is 287 g/mol. The molecule has 1 aliphatic carbocycles. The quantitative estimate of drug-likeness (QED) is 0.922. The Morgan fingerprint density at radius 2 is 1.90 bits per heavy atom. The van der Waals surface area contributed by atoms with Crippen molar-refractivity contribution in [2.45, 2.75) is 32.2 Å². The smallest absolute Gasteiger partial charge is 0.0604 e. The second-order valence-corrected chi connectivity index (χ2v) is 6.93. The monoisotopic (exact) mass is 287 g/mol. The third-order valence-electron chi connectivity index (χ3n) is 5.41. The van der Waals surface area contributed by atoms with E-state index in [1.807, 2.05) is 0 Å². The van der Waals surface area contributed by atoms with Gasteiger partial charge >= 0.3 is 0 Å². The summed E-state index contributed by atoms with van der Waals surface area (Å²) in [6.45, 7) is 5.88. The van der Waals surface area contributed by atoms with Crippen molar-refractivity contribution < 1.29 is 0 Å². The third kappa shape index (κ3) is 3.03. The molecular weight excluding hydrogens is 258 g/mol. The van der Waals surface area contributed by atoms with Crippen molar-refractivity contribution in [3.63, 3.8) is 0 Å². The van der Waals surface area contributed by atoms with Crippen molar-refractivity contribution in [1.29, 1.82) is 0 Å². The van der Waals surface area contributed by atoms with Gasteiger partial charge in [-0.15, -0.1) is 0 Å². The van der Waals surface area contributed by atoms with Gasteiger partial charge in [-0.3, -0.25) is 0 Å². The van der Waals surface area contributed by atoms with Gasteiger partial charge in [-0.1, -0.05) is 19.1 Å². The van der Waals surface area contributed by atoms with Crippen LogP contribution in [0.5, 0.6) is 0 Å². The summed E-state index contributed by atoms with van der Waals surface area (Å²) in [5.74, 6) is 1.65. The molecule has 1 fully saturated rings. The van der Waals surface area contributed by atoms with Crippen molar-refractivity contribution in [2.75, 3.05) is 43.5 Å². The zero-order valence-corrected chi connectivity index (χ0v) is 13.7. The number of likely N-dealkylation sites (N-methyl/N-ethyl adjacent to an activating group) is 1. The van der Waals surface area contributed by atoms with E-state index in [0.717, 1.165) is 24.9 Å². The number of anilines is 2. The van der Waals surface area contributed by atoms with E-state index >= 15 is 0 Å². The Morgan fingerprint density at radius 1 is 1.14 bits per heavy atom. The lowest BCUT2D eigenvalue weighted by Gasteiger charge is -2.42. The number of benzene rings is 1. The summed E-state index contributed by atoms with van der Waals surface area (Å²) < 4.78 is 0. The number of nitrogens with one attached hydrogen (secondary N) is 1. The Bertz CT molecular complexity index is 473. The molecule has 116 valence electrons. The van der Waals surface area contributed by atoms with Crippen molar-refractivity contribution in [1.82, 2.24) is 5.32 Å². The van der Waals surface area contributed by atoms with Crippen LogP contribution in [-0.2, 0) is 0 Å². The molecular formula is C18H29N3. The molecule has 3 atom stereocenters. The maximum absolute atomic E-state index is 3.56. The molecule has 3 rings (SSSR count). The molecule has 0 bridgehead atoms. The Labute approximate surface area is 129 Å². The average Bonchev–Trinajstić information content (AvgIpc) is 2.51. The van der Waals surface area contributed by atoms with E-state index in [2.05, 4.69) is 60.4 Å². The van der Waals surface area contributed by atoms with Gasteiger partial charge in [-0.25, -0.2) is 0 Å². The van der Waals surface area contributed by atoms with Gasteiger partial charge in [0.1, 0.15) is 0 Å². The molecule has 0 aromatic heterocycles. The van der Waals surface area contributed by atoms with Gasteiger partial charge in [-0.05, 0) is 50.3 Å². The van der Waals surface area contributed by atoms with Crippen LogP contribution in [0.15, 0.2) is 24.3 Å². The molecule has 0 amide bonds. The van der Waals surface area contributed by atoms with Crippen molar-refractivity contribution >= 4 is 11.4 Å². The first kappa shape index (κ1) is 14.7. The standard InChI is InChI=1S/C18H29N3/c1-14-8-9-16(19-2)15(12-14)13-21-11-10-20(3)17-6-4-5-7-18(17)21/h4-7,14-16,19H,8-13H2,1-3H3. The zero-order chi connectivity index (χ0) is 14.8. The minimum absolute atomic E-state index is 0.688. The first-order valence-corrected chi connectivity index (χ1v) is 8.41. The third-order valence-corrected chi connectivity index (χ3v) is 5.41. The van der Waals surface area contributed by atoms with Gasteiger partial charge in [-0.2, -0.15) is 0 Å². The van der Waals surface area contributed by atoms with Gasteiger partial charge in [0.2, 0.25) is 0 Å². The van der Waals surface area contributed by atoms with E-state index in [-0.39, 0.29) is 0 Å². The highest BCUT2D eigenvalue weighted by Crippen LogP contribution is 2.35. The molecule has 1 heterocycles. The molecule has 1 N–H and O–H groups in total. The maximum Gasteiger partial charge on any atom is 0.0604 e. The minimum Gasteiger partial charge on any atom is -0.371 e. The molecule has 1 saturated carbocycles. The van der Waals surface area contributed by atoms with Crippen molar-refractivity contribution in [3.05, 3.63) is 24.3 Å². The summed E-state index contributed by atoms with van der Waals surface area (Å²) in [6, 6.07) is 9.54. The molecule has 21 heavy (non-hydrogen) atoms. The highest BCUT2D eigenvalue weighted by atomic mass is 15.3. The van der Waals surface area contributed by atoms with Gasteiger partial charge in [0.15, 0.2) is 0 Å². The lowest BCUT2D eigenvalue weighted by atomic mass is 9.78. The summed E-state index contributed by atoms with van der Waals surface area (Å²) in [6.07, 6.45) is 4.07. The van der Waals surface area contributed by atoms with Crippen molar-refractivity contribution in [2.24, 2.45) is 11.8 Å². The molecule has 3 unspecified atom stereocenters. The Balaban J connectivity index is 1.77. The molecule has 1 aromatic carbocycles. The summed E-state index contributed by atoms with van der Waals surface area (Å²) in [7, 11) is 4.33. The Morgan fingerprint density at radius 3 is 2.67 bits per heavy atom. The SMILES string of the molecule is CNC1CCC(C)CC1CN1CCN(C)c2ccccc21. The molecule has 1 aliphatic heterocycles. The molecule has 2 aliphatic rings. The second kappa shape index (κ2) is 6.27. The summed E-state index contributed by atoms with van der Waals surface area (Å²) in [5.41, 5.74) is 2.80. The van der Waals surface area contributed by atoms with Crippen LogP contribution in [0, 0.1) is 11.8 Å². The van der Waals surface area contributed by atoms with Crippen LogP contribution in [0.1, 0.15) is 26.2 Å². The molecule has 0 saturated heterocycles. The number of fused-ring (bicyclic) bond motifs is 1. The van der Waals surface area contributed by atoms with Gasteiger partial charge in [0, 0.05) is 32.7 Å². The first-order valence-electron chi connectivity index (χ1n) is 8.41. The van der Waals surface area contributed by atoms with E-state index in [0.29, 0.717) is 6.04 Å². The predicted molar refractivity (Wildman–Crippen MR) is 91.3 cm³/mol. The Hall–Kier alpha value is -1.22. The van der Waals surface area contributed by atoms with Crippen LogP contribution in [0.2, 0.25) is 0 Å². The topological polar surface area (TPSA) is 18.5 Å². The van der Waals surface area contributed by atoms with Crippen molar-refractivity contribution in [3.8, 4) is 0 Å². The fourth-order valence-corrected chi connectivity index (χ4v) is 4.12. The van der Waals surface area contributed by atoms with Crippen LogP contribution >= 0.6 is 0 Å². The van der Waals surface area contributed by atoms with Crippen LogP contribution in [-0.4, -0.2) is 39.8 Å². The van der Waals surface area contributed by atoms with E-state index < -0.39 is 0 Å².